The van der Waals surface area contributed by atoms with Crippen molar-refractivity contribution in [3.63, 3.8) is 0 Å². The highest BCUT2D eigenvalue weighted by molar-refractivity contribution is 5.74. The van der Waals surface area contributed by atoms with Gasteiger partial charge in [0.15, 0.2) is 11.5 Å². The maximum absolute atomic E-state index is 8.68. The van der Waals surface area contributed by atoms with Gasteiger partial charge in [0.1, 0.15) is 5.52 Å². The molecule has 1 aromatic carbocycles. The van der Waals surface area contributed by atoms with Gasteiger partial charge in [-0.05, 0) is 12.1 Å². The van der Waals surface area contributed by atoms with E-state index in [0.29, 0.717) is 30.0 Å². The molecule has 4 heteroatoms. The van der Waals surface area contributed by atoms with Crippen LogP contribution in [0, 0.1) is 11.3 Å². The minimum Gasteiger partial charge on any atom is -0.441 e. The van der Waals surface area contributed by atoms with Crippen molar-refractivity contribution in [1.82, 2.24) is 4.98 Å². The lowest BCUT2D eigenvalue weighted by Gasteiger charge is -1.86. The van der Waals surface area contributed by atoms with Crippen molar-refractivity contribution in [2.75, 3.05) is 6.54 Å². The average molecular weight is 187 g/mol. The molecular weight excluding hydrogens is 178 g/mol. The van der Waals surface area contributed by atoms with E-state index in [1.807, 2.05) is 6.07 Å². The number of hydrogen-bond donors (Lipinski definition) is 1. The second kappa shape index (κ2) is 3.48. The SMILES string of the molecule is N#Cc1ccc2nc(CCN)oc2c1. The van der Waals surface area contributed by atoms with Gasteiger partial charge in [-0.15, -0.1) is 0 Å². The summed E-state index contributed by atoms with van der Waals surface area (Å²) >= 11 is 0. The summed E-state index contributed by atoms with van der Waals surface area (Å²) in [4.78, 5) is 4.22. The minimum atomic E-state index is 0.512. The van der Waals surface area contributed by atoms with Crippen LogP contribution in [0.4, 0.5) is 0 Å². The van der Waals surface area contributed by atoms with E-state index in [-0.39, 0.29) is 0 Å². The molecule has 0 aliphatic carbocycles. The van der Waals surface area contributed by atoms with E-state index in [0.717, 1.165) is 5.52 Å². The molecule has 0 saturated heterocycles. The second-order valence-corrected chi connectivity index (χ2v) is 2.94. The third kappa shape index (κ3) is 1.45. The van der Waals surface area contributed by atoms with Gasteiger partial charge in [0.2, 0.25) is 0 Å². The van der Waals surface area contributed by atoms with E-state index in [1.165, 1.54) is 0 Å². The molecular formula is C10H9N3O. The van der Waals surface area contributed by atoms with Crippen molar-refractivity contribution >= 4 is 11.1 Å². The van der Waals surface area contributed by atoms with Gasteiger partial charge in [0.25, 0.3) is 0 Å². The first-order valence-corrected chi connectivity index (χ1v) is 4.33. The molecule has 2 aromatic rings. The number of benzene rings is 1. The zero-order valence-corrected chi connectivity index (χ0v) is 7.53. The predicted molar refractivity (Wildman–Crippen MR) is 51.5 cm³/mol. The van der Waals surface area contributed by atoms with Gasteiger partial charge in [0.05, 0.1) is 11.6 Å². The Morgan fingerprint density at radius 2 is 2.36 bits per heavy atom. The number of nitrogens with zero attached hydrogens (tertiary/aromatic N) is 2. The Kier molecular flexibility index (Phi) is 2.17. The molecule has 70 valence electrons. The second-order valence-electron chi connectivity index (χ2n) is 2.94. The van der Waals surface area contributed by atoms with Crippen molar-refractivity contribution < 1.29 is 4.42 Å². The summed E-state index contributed by atoms with van der Waals surface area (Å²) in [5.74, 6) is 0.623. The van der Waals surface area contributed by atoms with Crippen LogP contribution in [0.15, 0.2) is 22.6 Å². The summed E-state index contributed by atoms with van der Waals surface area (Å²) in [6.45, 7) is 0.512. The van der Waals surface area contributed by atoms with Crippen LogP contribution in [0.5, 0.6) is 0 Å². The summed E-state index contributed by atoms with van der Waals surface area (Å²) in [6, 6.07) is 7.23. The lowest BCUT2D eigenvalue weighted by Crippen LogP contribution is -2.02. The standard InChI is InChI=1S/C10H9N3O/c11-4-3-10-13-8-2-1-7(6-12)5-9(8)14-10/h1-2,5H,3-4,11H2. The van der Waals surface area contributed by atoms with Crippen LogP contribution in [0.25, 0.3) is 11.1 Å². The maximum Gasteiger partial charge on any atom is 0.196 e. The number of nitrogens with two attached hydrogens (primary N) is 1. The number of hydrogen-bond acceptors (Lipinski definition) is 4. The number of nitriles is 1. The lowest BCUT2D eigenvalue weighted by molar-refractivity contribution is 0.531. The molecule has 0 radical (unpaired) electrons. The Labute approximate surface area is 81.0 Å². The van der Waals surface area contributed by atoms with Crippen molar-refractivity contribution in [3.8, 4) is 6.07 Å². The van der Waals surface area contributed by atoms with Gasteiger partial charge in [-0.25, -0.2) is 4.98 Å². The monoisotopic (exact) mass is 187 g/mol. The van der Waals surface area contributed by atoms with Crippen LogP contribution >= 0.6 is 0 Å². The van der Waals surface area contributed by atoms with Crippen LogP contribution in [0.2, 0.25) is 0 Å². The summed E-state index contributed by atoms with van der Waals surface area (Å²) in [7, 11) is 0. The van der Waals surface area contributed by atoms with Gasteiger partial charge in [-0.2, -0.15) is 5.26 Å². The number of rotatable bonds is 2. The topological polar surface area (TPSA) is 75.8 Å². The van der Waals surface area contributed by atoms with Gasteiger partial charge in [0, 0.05) is 19.0 Å². The van der Waals surface area contributed by atoms with Crippen molar-refractivity contribution in [1.29, 1.82) is 5.26 Å². The first-order chi connectivity index (χ1) is 6.83. The lowest BCUT2D eigenvalue weighted by atomic mass is 10.2. The fourth-order valence-electron chi connectivity index (χ4n) is 1.27. The number of aromatic nitrogens is 1. The zero-order valence-electron chi connectivity index (χ0n) is 7.53. The predicted octanol–water partition coefficient (Wildman–Crippen LogP) is 1.20. The fraction of sp³-hybridized carbons (Fsp3) is 0.200. The zero-order chi connectivity index (χ0) is 9.97. The molecule has 1 aromatic heterocycles. The molecule has 0 fully saturated rings. The van der Waals surface area contributed by atoms with Crippen LogP contribution in [-0.4, -0.2) is 11.5 Å². The van der Waals surface area contributed by atoms with E-state index in [4.69, 9.17) is 15.4 Å². The van der Waals surface area contributed by atoms with E-state index in [1.54, 1.807) is 18.2 Å². The van der Waals surface area contributed by atoms with Crippen LogP contribution in [0.3, 0.4) is 0 Å². The first kappa shape index (κ1) is 8.73. The molecule has 0 spiro atoms. The van der Waals surface area contributed by atoms with Gasteiger partial charge in [-0.1, -0.05) is 0 Å². The van der Waals surface area contributed by atoms with Gasteiger partial charge < -0.3 is 10.2 Å². The van der Waals surface area contributed by atoms with Crippen molar-refractivity contribution in [3.05, 3.63) is 29.7 Å². The molecule has 14 heavy (non-hydrogen) atoms. The molecule has 0 aliphatic heterocycles. The van der Waals surface area contributed by atoms with Gasteiger partial charge >= 0.3 is 0 Å². The number of oxazole rings is 1. The highest BCUT2D eigenvalue weighted by Crippen LogP contribution is 2.16. The molecule has 2 N–H and O–H groups in total. The summed E-state index contributed by atoms with van der Waals surface area (Å²) in [5, 5.41) is 8.68. The van der Waals surface area contributed by atoms with Crippen LogP contribution in [0.1, 0.15) is 11.5 Å². The fourth-order valence-corrected chi connectivity index (χ4v) is 1.27. The molecule has 0 amide bonds. The smallest absolute Gasteiger partial charge is 0.196 e. The third-order valence-electron chi connectivity index (χ3n) is 1.92. The Hall–Kier alpha value is -1.86. The maximum atomic E-state index is 8.68. The highest BCUT2D eigenvalue weighted by atomic mass is 16.3. The van der Waals surface area contributed by atoms with E-state index >= 15 is 0 Å². The molecule has 0 saturated carbocycles. The molecule has 2 rings (SSSR count). The Morgan fingerprint density at radius 3 is 3.07 bits per heavy atom. The molecule has 0 atom stereocenters. The quantitative estimate of drug-likeness (QED) is 0.766. The molecule has 0 bridgehead atoms. The minimum absolute atomic E-state index is 0.512. The van der Waals surface area contributed by atoms with Crippen molar-refractivity contribution in [2.45, 2.75) is 6.42 Å². The summed E-state index contributed by atoms with van der Waals surface area (Å²) in [6.07, 6.45) is 0.622. The van der Waals surface area contributed by atoms with Gasteiger partial charge in [-0.3, -0.25) is 0 Å². The normalized spacial score (nSPS) is 10.3. The van der Waals surface area contributed by atoms with Crippen LogP contribution in [-0.2, 0) is 6.42 Å². The average Bonchev–Trinajstić information content (AvgIpc) is 2.59. The molecule has 1 heterocycles. The molecule has 0 aliphatic rings. The Morgan fingerprint density at radius 1 is 1.50 bits per heavy atom. The van der Waals surface area contributed by atoms with E-state index in [2.05, 4.69) is 4.98 Å². The van der Waals surface area contributed by atoms with E-state index in [9.17, 15) is 0 Å². The third-order valence-corrected chi connectivity index (χ3v) is 1.92. The number of fused-ring (bicyclic) bond motifs is 1. The Balaban J connectivity index is 2.50. The molecule has 4 nitrogen and oxygen atoms in total. The first-order valence-electron chi connectivity index (χ1n) is 4.33. The Bertz CT molecular complexity index is 496. The molecule has 0 unspecified atom stereocenters. The largest absolute Gasteiger partial charge is 0.441 e. The summed E-state index contributed by atoms with van der Waals surface area (Å²) < 4.78 is 5.41. The highest BCUT2D eigenvalue weighted by Gasteiger charge is 2.04. The summed E-state index contributed by atoms with van der Waals surface area (Å²) in [5.41, 5.74) is 7.38. The van der Waals surface area contributed by atoms with Crippen molar-refractivity contribution in [2.24, 2.45) is 5.73 Å². The van der Waals surface area contributed by atoms with Crippen LogP contribution < -0.4 is 5.73 Å². The van der Waals surface area contributed by atoms with E-state index < -0.39 is 0 Å².